The van der Waals surface area contributed by atoms with Crippen LogP contribution >= 0.6 is 27.7 Å². The monoisotopic (exact) mass is 509 g/mol. The number of rotatable bonds is 7. The lowest BCUT2D eigenvalue weighted by molar-refractivity contribution is -0.134. The predicted molar refractivity (Wildman–Crippen MR) is 102 cm³/mol. The second-order valence-electron chi connectivity index (χ2n) is 5.80. The van der Waals surface area contributed by atoms with Crippen molar-refractivity contribution in [1.82, 2.24) is 20.1 Å². The quantitative estimate of drug-likeness (QED) is 0.281. The summed E-state index contributed by atoms with van der Waals surface area (Å²) >= 11 is 4.18. The summed E-state index contributed by atoms with van der Waals surface area (Å²) in [5, 5.41) is 25.5. The van der Waals surface area contributed by atoms with Crippen LogP contribution in [-0.2, 0) is 14.8 Å². The Morgan fingerprint density at radius 2 is 2.17 bits per heavy atom. The number of hydrogen-bond acceptors (Lipinski definition) is 9. The Kier molecular flexibility index (Phi) is 6.52. The Balaban J connectivity index is 1.71. The van der Waals surface area contributed by atoms with Gasteiger partial charge in [0.15, 0.2) is 22.3 Å². The zero-order chi connectivity index (χ0) is 21.2. The van der Waals surface area contributed by atoms with Gasteiger partial charge in [-0.3, -0.25) is 15.5 Å². The van der Waals surface area contributed by atoms with Crippen molar-refractivity contribution in [1.29, 1.82) is 0 Å². The van der Waals surface area contributed by atoms with E-state index in [-0.39, 0.29) is 39.4 Å². The van der Waals surface area contributed by atoms with Gasteiger partial charge in [-0.15, -0.1) is 0 Å². The number of thioether (sulfide) groups is 1. The van der Waals surface area contributed by atoms with Gasteiger partial charge in [-0.1, -0.05) is 11.8 Å². The zero-order valence-corrected chi connectivity index (χ0v) is 17.5. The molecule has 0 spiro atoms. The van der Waals surface area contributed by atoms with Gasteiger partial charge in [-0.25, -0.2) is 22.4 Å². The van der Waals surface area contributed by atoms with Crippen molar-refractivity contribution < 1.29 is 32.5 Å². The van der Waals surface area contributed by atoms with Gasteiger partial charge in [0.05, 0.1) is 10.2 Å². The van der Waals surface area contributed by atoms with Crippen molar-refractivity contribution in [2.45, 2.75) is 10.3 Å². The third-order valence-corrected chi connectivity index (χ3v) is 7.15. The van der Waals surface area contributed by atoms with Crippen LogP contribution in [0.3, 0.4) is 0 Å². The topological polar surface area (TPSA) is 158 Å². The summed E-state index contributed by atoms with van der Waals surface area (Å²) in [6.07, 6.45) is 0. The molecule has 1 saturated heterocycles. The van der Waals surface area contributed by atoms with Crippen molar-refractivity contribution in [2.24, 2.45) is 4.99 Å². The van der Waals surface area contributed by atoms with Gasteiger partial charge in [-0.2, -0.15) is 4.31 Å². The molecule has 1 aromatic carbocycles. The molecule has 0 unspecified atom stereocenters. The molecule has 3 N–H and O–H groups in total. The molecule has 11 nitrogen and oxygen atoms in total. The van der Waals surface area contributed by atoms with Gasteiger partial charge in [-0.05, 0) is 44.4 Å². The summed E-state index contributed by atoms with van der Waals surface area (Å²) in [4.78, 5) is 14.8. The highest BCUT2D eigenvalue weighted by Gasteiger charge is 2.38. The fourth-order valence-corrected chi connectivity index (χ4v) is 5.34. The molecule has 3 rings (SSSR count). The van der Waals surface area contributed by atoms with E-state index in [4.69, 9.17) is 9.74 Å². The Bertz CT molecular complexity index is 1060. The number of aliphatic carboxylic acids is 1. The van der Waals surface area contributed by atoms with E-state index in [0.29, 0.717) is 5.69 Å². The summed E-state index contributed by atoms with van der Waals surface area (Å²) in [6.45, 7) is 0.188. The third-order valence-electron chi connectivity index (χ3n) is 3.72. The maximum Gasteiger partial charge on any atom is 0.320 e. The highest BCUT2D eigenvalue weighted by atomic mass is 79.9. The molecule has 0 bridgehead atoms. The summed E-state index contributed by atoms with van der Waals surface area (Å²) in [5.41, 5.74) is 2.27. The van der Waals surface area contributed by atoms with E-state index >= 15 is 0 Å². The number of halogens is 2. The van der Waals surface area contributed by atoms with Gasteiger partial charge in [0.1, 0.15) is 5.82 Å². The third kappa shape index (κ3) is 5.11. The van der Waals surface area contributed by atoms with Gasteiger partial charge in [0, 0.05) is 18.3 Å². The van der Waals surface area contributed by atoms with E-state index < -0.39 is 27.6 Å². The minimum absolute atomic E-state index is 0.0739. The number of carboxylic acids is 1. The van der Waals surface area contributed by atoms with Crippen LogP contribution in [0.5, 0.6) is 0 Å². The van der Waals surface area contributed by atoms with Crippen LogP contribution in [0, 0.1) is 5.82 Å². The van der Waals surface area contributed by atoms with Crippen LogP contribution in [0.1, 0.15) is 5.69 Å². The first kappa shape index (κ1) is 21.6. The van der Waals surface area contributed by atoms with Crippen molar-refractivity contribution >= 4 is 55.2 Å². The molecule has 156 valence electrons. The Morgan fingerprint density at radius 3 is 2.79 bits per heavy atom. The number of benzene rings is 1. The van der Waals surface area contributed by atoms with Gasteiger partial charge < -0.3 is 5.11 Å². The van der Waals surface area contributed by atoms with Crippen molar-refractivity contribution in [2.75, 3.05) is 18.8 Å². The number of nitrogens with one attached hydrogen (secondary N) is 1. The summed E-state index contributed by atoms with van der Waals surface area (Å²) < 4.78 is 43.0. The molecular weight excluding hydrogens is 497 g/mol. The average Bonchev–Trinajstić information content (AvgIpc) is 3.05. The van der Waals surface area contributed by atoms with Crippen LogP contribution < -0.4 is 5.48 Å². The standard InChI is InChI=1S/C14H13BrFN5O6S2/c15-9-3-7(1-2-10(9)16)17-13(18-24)12-14(20-27-19-12)28-8-4-21(5-8)29(25,26)6-11(22)23/h1-3,8,24H,4-6H2,(H,17,18)(H,22,23). The molecule has 2 aromatic rings. The lowest BCUT2D eigenvalue weighted by atomic mass is 10.3. The van der Waals surface area contributed by atoms with E-state index in [1.54, 1.807) is 0 Å². The number of carbonyl (C=O) groups is 1. The number of aliphatic imine (C=N–C) groups is 1. The maximum absolute atomic E-state index is 13.3. The number of amidine groups is 1. The molecule has 1 aliphatic rings. The Morgan fingerprint density at radius 1 is 1.45 bits per heavy atom. The second-order valence-corrected chi connectivity index (χ2v) is 9.91. The van der Waals surface area contributed by atoms with E-state index in [2.05, 4.69) is 31.2 Å². The molecular formula is C14H13BrFN5O6S2. The molecule has 0 aliphatic carbocycles. The largest absolute Gasteiger partial charge is 0.480 e. The minimum Gasteiger partial charge on any atom is -0.480 e. The molecule has 0 radical (unpaired) electrons. The van der Waals surface area contributed by atoms with Crippen molar-refractivity contribution in [3.63, 3.8) is 0 Å². The van der Waals surface area contributed by atoms with Gasteiger partial charge in [0.2, 0.25) is 10.0 Å². The van der Waals surface area contributed by atoms with Crippen LogP contribution in [0.2, 0.25) is 0 Å². The van der Waals surface area contributed by atoms with Crippen LogP contribution in [0.25, 0.3) is 0 Å². The van der Waals surface area contributed by atoms with E-state index in [1.165, 1.54) is 18.2 Å². The fraction of sp³-hybridized carbons (Fsp3) is 0.286. The van der Waals surface area contributed by atoms with Crippen LogP contribution in [0.15, 0.2) is 37.3 Å². The smallest absolute Gasteiger partial charge is 0.320 e. The summed E-state index contributed by atoms with van der Waals surface area (Å²) in [7, 11) is -3.86. The molecule has 0 atom stereocenters. The Labute approximate surface area is 176 Å². The summed E-state index contributed by atoms with van der Waals surface area (Å²) in [6, 6.07) is 3.97. The van der Waals surface area contributed by atoms with Gasteiger partial charge >= 0.3 is 5.97 Å². The SMILES string of the molecule is O=C(O)CS(=O)(=O)N1CC(Sc2nonc2C(=Nc2ccc(F)c(Br)c2)NO)C1. The molecule has 1 fully saturated rings. The molecule has 0 amide bonds. The molecule has 2 heterocycles. The second kappa shape index (κ2) is 8.74. The lowest BCUT2D eigenvalue weighted by Crippen LogP contribution is -2.53. The Hall–Kier alpha value is -2.07. The normalized spacial score (nSPS) is 15.9. The zero-order valence-electron chi connectivity index (χ0n) is 14.3. The maximum atomic E-state index is 13.3. The minimum atomic E-state index is -3.86. The number of hydroxylamine groups is 1. The predicted octanol–water partition coefficient (Wildman–Crippen LogP) is 1.22. The number of sulfonamides is 1. The lowest BCUT2D eigenvalue weighted by Gasteiger charge is -2.36. The van der Waals surface area contributed by atoms with Crippen LogP contribution in [-0.4, -0.2) is 69.2 Å². The first-order valence-corrected chi connectivity index (χ1v) is 11.1. The van der Waals surface area contributed by atoms with E-state index in [9.17, 15) is 22.8 Å². The summed E-state index contributed by atoms with van der Waals surface area (Å²) in [5.74, 6) is -2.98. The first-order valence-electron chi connectivity index (χ1n) is 7.82. The molecule has 1 aromatic heterocycles. The molecule has 29 heavy (non-hydrogen) atoms. The average molecular weight is 510 g/mol. The number of nitrogens with zero attached hydrogens (tertiary/aromatic N) is 4. The van der Waals surface area contributed by atoms with Crippen molar-refractivity contribution in [3.05, 3.63) is 34.2 Å². The van der Waals surface area contributed by atoms with E-state index in [1.807, 2.05) is 5.48 Å². The highest BCUT2D eigenvalue weighted by molar-refractivity contribution is 9.10. The number of hydrogen-bond donors (Lipinski definition) is 3. The number of aromatic nitrogens is 2. The van der Waals surface area contributed by atoms with Crippen LogP contribution in [0.4, 0.5) is 10.1 Å². The first-order chi connectivity index (χ1) is 13.7. The molecule has 15 heteroatoms. The highest BCUT2D eigenvalue weighted by Crippen LogP contribution is 2.32. The molecule has 1 aliphatic heterocycles. The molecule has 0 saturated carbocycles. The number of carboxylic acid groups (broad SMARTS) is 1. The fourth-order valence-electron chi connectivity index (χ4n) is 2.32. The van der Waals surface area contributed by atoms with Gasteiger partial charge in [0.25, 0.3) is 0 Å². The van der Waals surface area contributed by atoms with E-state index in [0.717, 1.165) is 16.1 Å². The van der Waals surface area contributed by atoms with Crippen molar-refractivity contribution in [3.8, 4) is 0 Å².